The third kappa shape index (κ3) is 5.91. The number of nitrogens with one attached hydrogen (secondary N) is 1. The van der Waals surface area contributed by atoms with Gasteiger partial charge in [-0.1, -0.05) is 31.8 Å². The molecule has 98 valence electrons. The molecule has 0 aliphatic heterocycles. The zero-order chi connectivity index (χ0) is 12.7. The second-order valence-electron chi connectivity index (χ2n) is 4.81. The van der Waals surface area contributed by atoms with Gasteiger partial charge in [-0.05, 0) is 19.3 Å². The Hall–Kier alpha value is -0.770. The number of aryl methyl sites for hydroxylation is 1. The number of aromatic nitrogens is 2. The molecule has 1 atom stereocenters. The van der Waals surface area contributed by atoms with Crippen LogP contribution < -0.4 is 5.32 Å². The van der Waals surface area contributed by atoms with E-state index in [2.05, 4.69) is 36.3 Å². The second-order valence-corrected chi connectivity index (χ2v) is 5.19. The number of alkyl halides is 1. The van der Waals surface area contributed by atoms with Gasteiger partial charge in [0, 0.05) is 18.3 Å². The molecule has 1 N–H and O–H groups in total. The normalized spacial score (nSPS) is 13.0. The minimum atomic E-state index is 0.359. The molecule has 1 heterocycles. The van der Waals surface area contributed by atoms with Crippen LogP contribution in [0.4, 0.5) is 6.01 Å². The van der Waals surface area contributed by atoms with Crippen molar-refractivity contribution in [1.82, 2.24) is 10.2 Å². The third-order valence-corrected chi connectivity index (χ3v) is 2.75. The topological polar surface area (TPSA) is 51.0 Å². The minimum Gasteiger partial charge on any atom is -0.408 e. The highest BCUT2D eigenvalue weighted by Crippen LogP contribution is 2.13. The van der Waals surface area contributed by atoms with Crippen LogP contribution in [0.25, 0.3) is 0 Å². The van der Waals surface area contributed by atoms with Gasteiger partial charge in [0.1, 0.15) is 0 Å². The molecular formula is C12H22ClN3O. The van der Waals surface area contributed by atoms with E-state index in [-0.39, 0.29) is 0 Å². The van der Waals surface area contributed by atoms with E-state index in [4.69, 9.17) is 16.0 Å². The lowest BCUT2D eigenvalue weighted by atomic mass is 10.0. The number of halogens is 1. The zero-order valence-electron chi connectivity index (χ0n) is 10.9. The fraction of sp³-hybridized carbons (Fsp3) is 0.833. The standard InChI is InChI=1S/C12H22ClN3O/c1-9(2)5-4-6-10(3)14-12-16-15-11(17-12)7-8-13/h9-10H,4-8H2,1-3H3,(H,14,16). The molecule has 0 radical (unpaired) electrons. The van der Waals surface area contributed by atoms with Crippen LogP contribution in [-0.4, -0.2) is 22.1 Å². The number of rotatable bonds is 8. The summed E-state index contributed by atoms with van der Waals surface area (Å²) in [7, 11) is 0. The van der Waals surface area contributed by atoms with Crippen LogP contribution >= 0.6 is 11.6 Å². The quantitative estimate of drug-likeness (QED) is 0.726. The molecule has 5 heteroatoms. The summed E-state index contributed by atoms with van der Waals surface area (Å²) in [6, 6.07) is 0.861. The molecule has 0 aliphatic rings. The molecule has 0 fully saturated rings. The van der Waals surface area contributed by atoms with Gasteiger partial charge < -0.3 is 9.73 Å². The predicted molar refractivity (Wildman–Crippen MR) is 70.5 cm³/mol. The molecule has 0 spiro atoms. The van der Waals surface area contributed by atoms with Crippen molar-refractivity contribution in [3.63, 3.8) is 0 Å². The highest BCUT2D eigenvalue weighted by atomic mass is 35.5. The van der Waals surface area contributed by atoms with E-state index < -0.39 is 0 Å². The Morgan fingerprint density at radius 1 is 1.24 bits per heavy atom. The molecule has 0 bridgehead atoms. The molecule has 0 saturated heterocycles. The second kappa shape index (κ2) is 7.54. The molecule has 0 aliphatic carbocycles. The highest BCUT2D eigenvalue weighted by molar-refractivity contribution is 6.17. The van der Waals surface area contributed by atoms with Gasteiger partial charge in [-0.15, -0.1) is 16.7 Å². The average molecular weight is 260 g/mol. The van der Waals surface area contributed by atoms with Crippen molar-refractivity contribution >= 4 is 17.6 Å². The van der Waals surface area contributed by atoms with Gasteiger partial charge in [0.05, 0.1) is 0 Å². The first-order chi connectivity index (χ1) is 8.11. The minimum absolute atomic E-state index is 0.359. The lowest BCUT2D eigenvalue weighted by Gasteiger charge is -2.12. The molecule has 1 aromatic heterocycles. The van der Waals surface area contributed by atoms with Crippen LogP contribution in [-0.2, 0) is 6.42 Å². The summed E-state index contributed by atoms with van der Waals surface area (Å²) >= 11 is 5.60. The molecule has 0 saturated carbocycles. The van der Waals surface area contributed by atoms with Gasteiger partial charge in [-0.2, -0.15) is 0 Å². The van der Waals surface area contributed by atoms with Crippen molar-refractivity contribution in [2.24, 2.45) is 5.92 Å². The highest BCUT2D eigenvalue weighted by Gasteiger charge is 2.08. The molecular weight excluding hydrogens is 238 g/mol. The fourth-order valence-electron chi connectivity index (χ4n) is 1.61. The van der Waals surface area contributed by atoms with E-state index in [1.54, 1.807) is 0 Å². The van der Waals surface area contributed by atoms with Crippen LogP contribution in [0.5, 0.6) is 0 Å². The Morgan fingerprint density at radius 2 is 2.00 bits per heavy atom. The Morgan fingerprint density at radius 3 is 2.65 bits per heavy atom. The molecule has 0 amide bonds. The molecule has 4 nitrogen and oxygen atoms in total. The first-order valence-electron chi connectivity index (χ1n) is 6.26. The Bertz CT molecular complexity index is 314. The van der Waals surface area contributed by atoms with Gasteiger partial charge in [0.15, 0.2) is 0 Å². The summed E-state index contributed by atoms with van der Waals surface area (Å²) in [5.74, 6) is 1.86. The summed E-state index contributed by atoms with van der Waals surface area (Å²) in [6.07, 6.45) is 4.21. The van der Waals surface area contributed by atoms with Crippen molar-refractivity contribution < 1.29 is 4.42 Å². The number of anilines is 1. The summed E-state index contributed by atoms with van der Waals surface area (Å²) in [4.78, 5) is 0. The van der Waals surface area contributed by atoms with E-state index >= 15 is 0 Å². The molecule has 1 rings (SSSR count). The first-order valence-corrected chi connectivity index (χ1v) is 6.80. The first kappa shape index (κ1) is 14.3. The lowest BCUT2D eigenvalue weighted by Crippen LogP contribution is -2.15. The Balaban J connectivity index is 2.26. The summed E-state index contributed by atoms with van der Waals surface area (Å²) in [5, 5.41) is 11.0. The zero-order valence-corrected chi connectivity index (χ0v) is 11.6. The van der Waals surface area contributed by atoms with Crippen molar-refractivity contribution in [3.05, 3.63) is 5.89 Å². The van der Waals surface area contributed by atoms with Crippen LogP contribution in [0.15, 0.2) is 4.42 Å². The van der Waals surface area contributed by atoms with Crippen LogP contribution in [0.1, 0.15) is 45.9 Å². The van der Waals surface area contributed by atoms with Crippen molar-refractivity contribution in [2.75, 3.05) is 11.2 Å². The Kier molecular flexibility index (Phi) is 6.34. The molecule has 1 unspecified atom stereocenters. The molecule has 1 aromatic rings. The maximum Gasteiger partial charge on any atom is 0.315 e. The SMILES string of the molecule is CC(C)CCCC(C)Nc1nnc(CCCl)o1. The van der Waals surface area contributed by atoms with Crippen LogP contribution in [0.3, 0.4) is 0 Å². The lowest BCUT2D eigenvalue weighted by molar-refractivity contribution is 0.490. The van der Waals surface area contributed by atoms with E-state index in [1.165, 1.54) is 12.8 Å². The van der Waals surface area contributed by atoms with Crippen molar-refractivity contribution in [3.8, 4) is 0 Å². The van der Waals surface area contributed by atoms with E-state index in [0.29, 0.717) is 30.2 Å². The van der Waals surface area contributed by atoms with Crippen LogP contribution in [0, 0.1) is 5.92 Å². The predicted octanol–water partition coefficient (Wildman–Crippen LogP) is 3.48. The maximum atomic E-state index is 5.60. The van der Waals surface area contributed by atoms with Gasteiger partial charge in [-0.25, -0.2) is 0 Å². The average Bonchev–Trinajstić information content (AvgIpc) is 2.65. The number of nitrogens with zero attached hydrogens (tertiary/aromatic N) is 2. The summed E-state index contributed by atoms with van der Waals surface area (Å²) in [6.45, 7) is 6.62. The number of hydrogen-bond donors (Lipinski definition) is 1. The smallest absolute Gasteiger partial charge is 0.315 e. The van der Waals surface area contributed by atoms with Gasteiger partial charge >= 0.3 is 6.01 Å². The summed E-state index contributed by atoms with van der Waals surface area (Å²) in [5.41, 5.74) is 0. The van der Waals surface area contributed by atoms with Crippen LogP contribution in [0.2, 0.25) is 0 Å². The van der Waals surface area contributed by atoms with Crippen molar-refractivity contribution in [1.29, 1.82) is 0 Å². The van der Waals surface area contributed by atoms with E-state index in [9.17, 15) is 0 Å². The summed E-state index contributed by atoms with van der Waals surface area (Å²) < 4.78 is 5.40. The molecule has 17 heavy (non-hydrogen) atoms. The maximum absolute atomic E-state index is 5.60. The monoisotopic (exact) mass is 259 g/mol. The largest absolute Gasteiger partial charge is 0.408 e. The van der Waals surface area contributed by atoms with Gasteiger partial charge in [0.2, 0.25) is 5.89 Å². The molecule has 0 aromatic carbocycles. The fourth-order valence-corrected chi connectivity index (χ4v) is 1.77. The van der Waals surface area contributed by atoms with Gasteiger partial charge in [0.25, 0.3) is 0 Å². The van der Waals surface area contributed by atoms with Crippen molar-refractivity contribution in [2.45, 2.75) is 52.5 Å². The Labute approximate surface area is 108 Å². The van der Waals surface area contributed by atoms with E-state index in [0.717, 1.165) is 12.3 Å². The van der Waals surface area contributed by atoms with Gasteiger partial charge in [-0.3, -0.25) is 0 Å². The number of hydrogen-bond acceptors (Lipinski definition) is 4. The third-order valence-electron chi connectivity index (χ3n) is 2.56. The van der Waals surface area contributed by atoms with E-state index in [1.807, 2.05) is 0 Å².